The number of nitrogens with one attached hydrogen (secondary N) is 1. The van der Waals surface area contributed by atoms with Crippen LogP contribution in [-0.2, 0) is 6.54 Å². The van der Waals surface area contributed by atoms with E-state index in [1.807, 2.05) is 19.0 Å². The van der Waals surface area contributed by atoms with Gasteiger partial charge in [0.15, 0.2) is 0 Å². The summed E-state index contributed by atoms with van der Waals surface area (Å²) < 4.78 is 0. The van der Waals surface area contributed by atoms with Gasteiger partial charge >= 0.3 is 0 Å². The molecule has 7 heteroatoms. The molecule has 1 saturated heterocycles. The summed E-state index contributed by atoms with van der Waals surface area (Å²) in [5.74, 6) is 0.859. The highest BCUT2D eigenvalue weighted by Crippen LogP contribution is 2.26. The Morgan fingerprint density at radius 2 is 2.00 bits per heavy atom. The molecule has 1 fully saturated rings. The van der Waals surface area contributed by atoms with E-state index in [2.05, 4.69) is 43.2 Å². The summed E-state index contributed by atoms with van der Waals surface area (Å²) >= 11 is 6.35. The van der Waals surface area contributed by atoms with Gasteiger partial charge in [-0.3, -0.25) is 4.90 Å². The van der Waals surface area contributed by atoms with Crippen LogP contribution in [0.2, 0.25) is 5.02 Å². The maximum atomic E-state index is 6.35. The molecule has 0 amide bonds. The second-order valence-electron chi connectivity index (χ2n) is 5.75. The normalized spacial score (nSPS) is 16.0. The Kier molecular flexibility index (Phi) is 4.49. The molecule has 2 aromatic rings. The van der Waals surface area contributed by atoms with Gasteiger partial charge in [-0.1, -0.05) is 17.7 Å². The van der Waals surface area contributed by atoms with Gasteiger partial charge in [-0.25, -0.2) is 5.10 Å². The fourth-order valence-electron chi connectivity index (χ4n) is 2.74. The second-order valence-corrected chi connectivity index (χ2v) is 6.16. The first-order valence-corrected chi connectivity index (χ1v) is 7.79. The highest BCUT2D eigenvalue weighted by atomic mass is 35.5. The van der Waals surface area contributed by atoms with Crippen molar-refractivity contribution in [1.82, 2.24) is 20.1 Å². The SMILES string of the molecule is CN(C)c1ccc(CN2CCN(c3ncn[nH]3)CC2)cc1Cl. The first-order chi connectivity index (χ1) is 10.6. The molecule has 22 heavy (non-hydrogen) atoms. The van der Waals surface area contributed by atoms with E-state index in [1.54, 1.807) is 6.33 Å². The van der Waals surface area contributed by atoms with Gasteiger partial charge in [-0.15, -0.1) is 0 Å². The van der Waals surface area contributed by atoms with Gasteiger partial charge < -0.3 is 9.80 Å². The largest absolute Gasteiger partial charge is 0.376 e. The summed E-state index contributed by atoms with van der Waals surface area (Å²) in [6.07, 6.45) is 1.55. The van der Waals surface area contributed by atoms with Crippen molar-refractivity contribution in [3.63, 3.8) is 0 Å². The van der Waals surface area contributed by atoms with Crippen molar-refractivity contribution in [2.75, 3.05) is 50.1 Å². The summed E-state index contributed by atoms with van der Waals surface area (Å²) in [4.78, 5) is 10.9. The average molecular weight is 321 g/mol. The Labute approximate surface area is 135 Å². The van der Waals surface area contributed by atoms with Gasteiger partial charge in [-0.05, 0) is 17.7 Å². The van der Waals surface area contributed by atoms with Crippen molar-refractivity contribution in [2.45, 2.75) is 6.54 Å². The van der Waals surface area contributed by atoms with Gasteiger partial charge in [0.05, 0.1) is 10.7 Å². The molecule has 0 radical (unpaired) electrons. The van der Waals surface area contributed by atoms with Crippen LogP contribution in [0, 0.1) is 0 Å². The van der Waals surface area contributed by atoms with E-state index in [0.717, 1.165) is 49.4 Å². The molecule has 1 aliphatic heterocycles. The monoisotopic (exact) mass is 320 g/mol. The molecule has 1 aromatic heterocycles. The minimum absolute atomic E-state index is 0.808. The molecule has 0 aliphatic carbocycles. The van der Waals surface area contributed by atoms with Crippen LogP contribution in [0.3, 0.4) is 0 Å². The molecule has 0 saturated carbocycles. The maximum Gasteiger partial charge on any atom is 0.221 e. The lowest BCUT2D eigenvalue weighted by molar-refractivity contribution is 0.249. The van der Waals surface area contributed by atoms with E-state index < -0.39 is 0 Å². The minimum atomic E-state index is 0.808. The molecule has 6 nitrogen and oxygen atoms in total. The molecular formula is C15H21ClN6. The predicted octanol–water partition coefficient (Wildman–Crippen LogP) is 1.85. The zero-order valence-corrected chi connectivity index (χ0v) is 13.7. The summed E-state index contributed by atoms with van der Waals surface area (Å²) in [6.45, 7) is 4.86. The van der Waals surface area contributed by atoms with Crippen molar-refractivity contribution in [3.05, 3.63) is 35.1 Å². The van der Waals surface area contributed by atoms with Gasteiger partial charge in [0.1, 0.15) is 6.33 Å². The van der Waals surface area contributed by atoms with Crippen molar-refractivity contribution >= 4 is 23.2 Å². The molecule has 1 aliphatic rings. The zero-order chi connectivity index (χ0) is 15.5. The van der Waals surface area contributed by atoms with Crippen LogP contribution in [-0.4, -0.2) is 60.4 Å². The number of hydrogen-bond donors (Lipinski definition) is 1. The number of rotatable bonds is 4. The Morgan fingerprint density at radius 1 is 1.23 bits per heavy atom. The fraction of sp³-hybridized carbons (Fsp3) is 0.467. The number of aromatic nitrogens is 3. The molecule has 0 unspecified atom stereocenters. The van der Waals surface area contributed by atoms with Gasteiger partial charge in [0.25, 0.3) is 0 Å². The average Bonchev–Trinajstić information content (AvgIpc) is 3.02. The van der Waals surface area contributed by atoms with E-state index in [9.17, 15) is 0 Å². The Balaban J connectivity index is 1.58. The van der Waals surface area contributed by atoms with E-state index in [0.29, 0.717) is 0 Å². The number of hydrogen-bond acceptors (Lipinski definition) is 5. The standard InChI is InChI=1S/C15H21ClN6/c1-20(2)14-4-3-12(9-13(14)16)10-21-5-7-22(8-6-21)15-17-11-18-19-15/h3-4,9,11H,5-8,10H2,1-2H3,(H,17,18,19). The number of aromatic amines is 1. The van der Waals surface area contributed by atoms with Crippen LogP contribution in [0.4, 0.5) is 11.6 Å². The fourth-order valence-corrected chi connectivity index (χ4v) is 3.11. The summed E-state index contributed by atoms with van der Waals surface area (Å²) in [7, 11) is 4.01. The number of halogens is 1. The first-order valence-electron chi connectivity index (χ1n) is 7.42. The molecule has 0 bridgehead atoms. The highest BCUT2D eigenvalue weighted by molar-refractivity contribution is 6.33. The van der Waals surface area contributed by atoms with Crippen LogP contribution in [0.15, 0.2) is 24.5 Å². The van der Waals surface area contributed by atoms with E-state index in [-0.39, 0.29) is 0 Å². The molecule has 2 heterocycles. The van der Waals surface area contributed by atoms with Gasteiger partial charge in [0.2, 0.25) is 5.95 Å². The third kappa shape index (κ3) is 3.34. The zero-order valence-electron chi connectivity index (χ0n) is 13.0. The Bertz CT molecular complexity index is 605. The van der Waals surface area contributed by atoms with E-state index in [1.165, 1.54) is 5.56 Å². The number of benzene rings is 1. The van der Waals surface area contributed by atoms with Crippen LogP contribution in [0.5, 0.6) is 0 Å². The lowest BCUT2D eigenvalue weighted by atomic mass is 10.1. The van der Waals surface area contributed by atoms with Gasteiger partial charge in [-0.2, -0.15) is 10.1 Å². The third-order valence-electron chi connectivity index (χ3n) is 3.97. The summed E-state index contributed by atoms with van der Waals surface area (Å²) in [5, 5.41) is 7.63. The van der Waals surface area contributed by atoms with Crippen LogP contribution >= 0.6 is 11.6 Å². The third-order valence-corrected chi connectivity index (χ3v) is 4.28. The molecule has 3 rings (SSSR count). The molecular weight excluding hydrogens is 300 g/mol. The summed E-state index contributed by atoms with van der Waals surface area (Å²) in [6, 6.07) is 6.31. The van der Waals surface area contributed by atoms with Gasteiger partial charge in [0, 0.05) is 46.8 Å². The molecule has 0 atom stereocenters. The van der Waals surface area contributed by atoms with Crippen molar-refractivity contribution in [1.29, 1.82) is 0 Å². The number of H-pyrrole nitrogens is 1. The van der Waals surface area contributed by atoms with E-state index >= 15 is 0 Å². The number of anilines is 2. The molecule has 0 spiro atoms. The highest BCUT2D eigenvalue weighted by Gasteiger charge is 2.19. The van der Waals surface area contributed by atoms with Crippen molar-refractivity contribution < 1.29 is 0 Å². The first kappa shape index (κ1) is 15.1. The quantitative estimate of drug-likeness (QED) is 0.931. The predicted molar refractivity (Wildman–Crippen MR) is 89.7 cm³/mol. The molecule has 1 aromatic carbocycles. The lowest BCUT2D eigenvalue weighted by Gasteiger charge is -2.34. The van der Waals surface area contributed by atoms with E-state index in [4.69, 9.17) is 11.6 Å². The minimum Gasteiger partial charge on any atom is -0.376 e. The van der Waals surface area contributed by atoms with Crippen LogP contribution < -0.4 is 9.80 Å². The lowest BCUT2D eigenvalue weighted by Crippen LogP contribution is -2.46. The second kappa shape index (κ2) is 6.54. The molecule has 118 valence electrons. The smallest absolute Gasteiger partial charge is 0.221 e. The van der Waals surface area contributed by atoms with Crippen molar-refractivity contribution in [3.8, 4) is 0 Å². The number of piperazine rings is 1. The Morgan fingerprint density at radius 3 is 2.59 bits per heavy atom. The summed E-state index contributed by atoms with van der Waals surface area (Å²) in [5.41, 5.74) is 2.31. The van der Waals surface area contributed by atoms with Crippen molar-refractivity contribution in [2.24, 2.45) is 0 Å². The van der Waals surface area contributed by atoms with Crippen LogP contribution in [0.25, 0.3) is 0 Å². The molecule has 1 N–H and O–H groups in total. The Hall–Kier alpha value is -1.79. The number of nitrogens with zero attached hydrogens (tertiary/aromatic N) is 5. The topological polar surface area (TPSA) is 51.3 Å². The van der Waals surface area contributed by atoms with Crippen LogP contribution in [0.1, 0.15) is 5.56 Å². The maximum absolute atomic E-state index is 6.35.